The van der Waals surface area contributed by atoms with Crippen molar-refractivity contribution in [2.45, 2.75) is 13.1 Å². The van der Waals surface area contributed by atoms with Gasteiger partial charge in [0, 0.05) is 36.8 Å². The van der Waals surface area contributed by atoms with Gasteiger partial charge in [0.25, 0.3) is 0 Å². The zero-order valence-electron chi connectivity index (χ0n) is 9.84. The van der Waals surface area contributed by atoms with E-state index >= 15 is 0 Å². The average Bonchev–Trinajstić information content (AvgIpc) is 2.34. The van der Waals surface area contributed by atoms with Gasteiger partial charge >= 0.3 is 0 Å². The summed E-state index contributed by atoms with van der Waals surface area (Å²) in [6.45, 7) is 5.21. The highest BCUT2D eigenvalue weighted by Crippen LogP contribution is 2.27. The zero-order chi connectivity index (χ0) is 12.4. The number of piperazine rings is 1. The second kappa shape index (κ2) is 5.31. The molecule has 3 nitrogen and oxygen atoms in total. The van der Waals surface area contributed by atoms with Crippen molar-refractivity contribution in [2.24, 2.45) is 5.73 Å². The molecule has 1 aromatic carbocycles. The summed E-state index contributed by atoms with van der Waals surface area (Å²) >= 11 is 6.13. The minimum atomic E-state index is -0.334. The third-order valence-electron chi connectivity index (χ3n) is 3.14. The van der Waals surface area contributed by atoms with Crippen LogP contribution in [-0.4, -0.2) is 31.1 Å². The monoisotopic (exact) mass is 257 g/mol. The van der Waals surface area contributed by atoms with Crippen molar-refractivity contribution in [2.75, 3.05) is 26.2 Å². The highest BCUT2D eigenvalue weighted by molar-refractivity contribution is 6.31. The van der Waals surface area contributed by atoms with Gasteiger partial charge in [-0.1, -0.05) is 11.6 Å². The number of nitrogens with one attached hydrogen (secondary N) is 1. The van der Waals surface area contributed by atoms with E-state index in [1.807, 2.05) is 0 Å². The van der Waals surface area contributed by atoms with E-state index < -0.39 is 0 Å². The molecule has 3 N–H and O–H groups in total. The van der Waals surface area contributed by atoms with E-state index in [0.29, 0.717) is 16.1 Å². The van der Waals surface area contributed by atoms with Gasteiger partial charge in [-0.25, -0.2) is 4.39 Å². The van der Waals surface area contributed by atoms with Crippen molar-refractivity contribution in [3.63, 3.8) is 0 Å². The van der Waals surface area contributed by atoms with Crippen LogP contribution in [0.3, 0.4) is 0 Å². The highest BCUT2D eigenvalue weighted by Gasteiger charge is 2.21. The summed E-state index contributed by atoms with van der Waals surface area (Å²) in [5.41, 5.74) is 7.35. The van der Waals surface area contributed by atoms with E-state index in [1.54, 1.807) is 13.0 Å². The van der Waals surface area contributed by atoms with Crippen LogP contribution in [-0.2, 0) is 0 Å². The minimum absolute atomic E-state index is 0.255. The molecule has 0 aromatic heterocycles. The van der Waals surface area contributed by atoms with E-state index in [9.17, 15) is 4.39 Å². The van der Waals surface area contributed by atoms with Gasteiger partial charge in [0.15, 0.2) is 0 Å². The molecule has 94 valence electrons. The SMILES string of the molecule is Cc1cc(Cl)c(C(N)N2CCNCC2)cc1F. The highest BCUT2D eigenvalue weighted by atomic mass is 35.5. The third kappa shape index (κ3) is 2.77. The second-order valence-corrected chi connectivity index (χ2v) is 4.76. The summed E-state index contributed by atoms with van der Waals surface area (Å²) in [4.78, 5) is 2.10. The molecule has 0 radical (unpaired) electrons. The first-order chi connectivity index (χ1) is 8.09. The molecule has 1 fully saturated rings. The Bertz CT molecular complexity index is 405. The number of nitrogens with two attached hydrogens (primary N) is 1. The second-order valence-electron chi connectivity index (χ2n) is 4.35. The number of hydrogen-bond acceptors (Lipinski definition) is 3. The van der Waals surface area contributed by atoms with Gasteiger partial charge in [0.05, 0.1) is 6.17 Å². The van der Waals surface area contributed by atoms with Gasteiger partial charge in [-0.3, -0.25) is 4.90 Å². The number of rotatable bonds is 2. The van der Waals surface area contributed by atoms with Crippen molar-refractivity contribution >= 4 is 11.6 Å². The molecule has 1 unspecified atom stereocenters. The van der Waals surface area contributed by atoms with E-state index in [1.165, 1.54) is 6.07 Å². The van der Waals surface area contributed by atoms with Crippen LogP contribution in [0.5, 0.6) is 0 Å². The first kappa shape index (κ1) is 12.8. The quantitative estimate of drug-likeness (QED) is 0.847. The fourth-order valence-corrected chi connectivity index (χ4v) is 2.38. The fourth-order valence-electron chi connectivity index (χ4n) is 2.05. The molecule has 1 aliphatic rings. The summed E-state index contributed by atoms with van der Waals surface area (Å²) in [6, 6.07) is 3.08. The van der Waals surface area contributed by atoms with Crippen molar-refractivity contribution in [3.05, 3.63) is 34.1 Å². The van der Waals surface area contributed by atoms with E-state index in [-0.39, 0.29) is 12.0 Å². The van der Waals surface area contributed by atoms with Crippen molar-refractivity contribution in [1.82, 2.24) is 10.2 Å². The van der Waals surface area contributed by atoms with Crippen molar-refractivity contribution < 1.29 is 4.39 Å². The predicted octanol–water partition coefficient (Wildman–Crippen LogP) is 1.65. The number of benzene rings is 1. The molecule has 17 heavy (non-hydrogen) atoms. The maximum absolute atomic E-state index is 13.5. The van der Waals surface area contributed by atoms with Crippen LogP contribution >= 0.6 is 11.6 Å². The molecule has 0 spiro atoms. The minimum Gasteiger partial charge on any atom is -0.314 e. The first-order valence-electron chi connectivity index (χ1n) is 5.75. The van der Waals surface area contributed by atoms with Crippen LogP contribution in [0.4, 0.5) is 4.39 Å². The molecule has 0 bridgehead atoms. The summed E-state index contributed by atoms with van der Waals surface area (Å²) in [6.07, 6.45) is -0.334. The lowest BCUT2D eigenvalue weighted by molar-refractivity contribution is 0.177. The van der Waals surface area contributed by atoms with E-state index in [4.69, 9.17) is 17.3 Å². The summed E-state index contributed by atoms with van der Waals surface area (Å²) in [7, 11) is 0. The Hall–Kier alpha value is -0.680. The maximum atomic E-state index is 13.5. The van der Waals surface area contributed by atoms with Crippen LogP contribution in [0, 0.1) is 12.7 Å². The Kier molecular flexibility index (Phi) is 3.99. The number of halogens is 2. The zero-order valence-corrected chi connectivity index (χ0v) is 10.6. The van der Waals surface area contributed by atoms with Gasteiger partial charge in [0.1, 0.15) is 5.82 Å². The Labute approximate surface area is 106 Å². The largest absolute Gasteiger partial charge is 0.314 e. The first-order valence-corrected chi connectivity index (χ1v) is 6.13. The van der Waals surface area contributed by atoms with E-state index in [2.05, 4.69) is 10.2 Å². The standard InChI is InChI=1S/C12H17ClFN3/c1-8-6-10(13)9(7-11(8)14)12(15)17-4-2-16-3-5-17/h6-7,12,16H,2-5,15H2,1H3. The Morgan fingerprint density at radius 1 is 1.41 bits per heavy atom. The van der Waals surface area contributed by atoms with Gasteiger partial charge in [0.2, 0.25) is 0 Å². The van der Waals surface area contributed by atoms with Gasteiger partial charge in [-0.15, -0.1) is 0 Å². The summed E-state index contributed by atoms with van der Waals surface area (Å²) in [5, 5.41) is 3.79. The lowest BCUT2D eigenvalue weighted by atomic mass is 10.1. The van der Waals surface area contributed by atoms with Gasteiger partial charge in [-0.05, 0) is 24.6 Å². The van der Waals surface area contributed by atoms with Gasteiger partial charge < -0.3 is 11.1 Å². The van der Waals surface area contributed by atoms with Crippen molar-refractivity contribution in [1.29, 1.82) is 0 Å². The average molecular weight is 258 g/mol. The lowest BCUT2D eigenvalue weighted by Gasteiger charge is -2.33. The molecular formula is C12H17ClFN3. The van der Waals surface area contributed by atoms with Crippen LogP contribution in [0.1, 0.15) is 17.3 Å². The Morgan fingerprint density at radius 2 is 2.06 bits per heavy atom. The van der Waals surface area contributed by atoms with Crippen LogP contribution in [0.2, 0.25) is 5.02 Å². The predicted molar refractivity (Wildman–Crippen MR) is 67.5 cm³/mol. The molecule has 2 rings (SSSR count). The molecule has 1 aliphatic heterocycles. The molecule has 1 heterocycles. The fraction of sp³-hybridized carbons (Fsp3) is 0.500. The number of hydrogen-bond donors (Lipinski definition) is 2. The normalized spacial score (nSPS) is 19.3. The number of nitrogens with zero attached hydrogens (tertiary/aromatic N) is 1. The lowest BCUT2D eigenvalue weighted by Crippen LogP contribution is -2.47. The molecule has 0 saturated carbocycles. The maximum Gasteiger partial charge on any atom is 0.126 e. The smallest absolute Gasteiger partial charge is 0.126 e. The summed E-state index contributed by atoms with van der Waals surface area (Å²) in [5.74, 6) is -0.255. The topological polar surface area (TPSA) is 41.3 Å². The van der Waals surface area contributed by atoms with Crippen LogP contribution in [0.25, 0.3) is 0 Å². The van der Waals surface area contributed by atoms with Crippen molar-refractivity contribution in [3.8, 4) is 0 Å². The molecule has 5 heteroatoms. The Balaban J connectivity index is 2.23. The van der Waals surface area contributed by atoms with Crippen LogP contribution in [0.15, 0.2) is 12.1 Å². The van der Waals surface area contributed by atoms with E-state index in [0.717, 1.165) is 26.2 Å². The molecule has 1 aromatic rings. The molecular weight excluding hydrogens is 241 g/mol. The molecule has 0 aliphatic carbocycles. The number of aryl methyl sites for hydroxylation is 1. The molecule has 1 atom stereocenters. The molecule has 0 amide bonds. The third-order valence-corrected chi connectivity index (χ3v) is 3.47. The molecule has 1 saturated heterocycles. The van der Waals surface area contributed by atoms with Crippen LogP contribution < -0.4 is 11.1 Å². The van der Waals surface area contributed by atoms with Gasteiger partial charge in [-0.2, -0.15) is 0 Å². The summed E-state index contributed by atoms with van der Waals surface area (Å²) < 4.78 is 13.5. The Morgan fingerprint density at radius 3 is 2.71 bits per heavy atom.